The highest BCUT2D eigenvalue weighted by Crippen LogP contribution is 2.31. The third kappa shape index (κ3) is 4.19. The quantitative estimate of drug-likeness (QED) is 0.732. The summed E-state index contributed by atoms with van der Waals surface area (Å²) in [5.41, 5.74) is -1.95. The molecular weight excluding hydrogens is 411 g/mol. The van der Waals surface area contributed by atoms with E-state index in [4.69, 9.17) is 11.6 Å². The van der Waals surface area contributed by atoms with Gasteiger partial charge in [0, 0.05) is 10.7 Å². The van der Waals surface area contributed by atoms with Gasteiger partial charge in [0.25, 0.3) is 5.91 Å². The van der Waals surface area contributed by atoms with Crippen LogP contribution in [0.25, 0.3) is 0 Å². The molecular formula is C19H15ClF3N3O3. The third-order valence-electron chi connectivity index (χ3n) is 4.47. The Morgan fingerprint density at radius 1 is 1.17 bits per heavy atom. The Morgan fingerprint density at radius 3 is 2.45 bits per heavy atom. The van der Waals surface area contributed by atoms with Gasteiger partial charge in [0.1, 0.15) is 12.1 Å². The minimum Gasteiger partial charge on any atom is -0.325 e. The van der Waals surface area contributed by atoms with Crippen molar-refractivity contribution in [2.45, 2.75) is 18.6 Å². The topological polar surface area (TPSA) is 78.5 Å². The van der Waals surface area contributed by atoms with Crippen LogP contribution in [0.5, 0.6) is 0 Å². The van der Waals surface area contributed by atoms with Crippen LogP contribution in [-0.4, -0.2) is 29.3 Å². The number of amides is 4. The molecule has 1 saturated heterocycles. The lowest BCUT2D eigenvalue weighted by molar-refractivity contribution is -0.137. The largest absolute Gasteiger partial charge is 0.416 e. The van der Waals surface area contributed by atoms with Gasteiger partial charge in [0.05, 0.1) is 5.56 Å². The molecule has 10 heteroatoms. The number of halogens is 4. The minimum atomic E-state index is -4.56. The lowest BCUT2D eigenvalue weighted by atomic mass is 9.92. The second-order valence-corrected chi connectivity index (χ2v) is 7.02. The summed E-state index contributed by atoms with van der Waals surface area (Å²) in [6.45, 7) is 0.839. The van der Waals surface area contributed by atoms with E-state index in [1.54, 1.807) is 24.3 Å². The van der Waals surface area contributed by atoms with Gasteiger partial charge >= 0.3 is 12.2 Å². The van der Waals surface area contributed by atoms with Crippen molar-refractivity contribution in [1.82, 2.24) is 10.2 Å². The first-order valence-electron chi connectivity index (χ1n) is 8.38. The molecule has 1 heterocycles. The van der Waals surface area contributed by atoms with Crippen LogP contribution in [-0.2, 0) is 21.3 Å². The van der Waals surface area contributed by atoms with E-state index in [2.05, 4.69) is 10.6 Å². The normalized spacial score (nSPS) is 19.3. The summed E-state index contributed by atoms with van der Waals surface area (Å²) < 4.78 is 38.3. The molecule has 1 aliphatic heterocycles. The Labute approximate surface area is 168 Å². The maximum absolute atomic E-state index is 12.8. The standard InChI is InChI=1S/C19H15ClF3N3O3/c1-18(11-5-7-13(20)8-6-11)16(28)26(17(29)25-18)10-15(27)24-14-4-2-3-12(9-14)19(21,22)23/h2-9H,10H2,1H3,(H,24,27)(H,25,29)/t18-/m1/s1. The van der Waals surface area contributed by atoms with Crippen molar-refractivity contribution >= 4 is 35.1 Å². The van der Waals surface area contributed by atoms with Crippen molar-refractivity contribution in [3.8, 4) is 0 Å². The van der Waals surface area contributed by atoms with Crippen LogP contribution in [0.3, 0.4) is 0 Å². The zero-order valence-electron chi connectivity index (χ0n) is 15.0. The molecule has 0 aromatic heterocycles. The van der Waals surface area contributed by atoms with Gasteiger partial charge in [-0.15, -0.1) is 0 Å². The molecule has 0 unspecified atom stereocenters. The highest BCUT2D eigenvalue weighted by molar-refractivity contribution is 6.30. The number of rotatable bonds is 4. The summed E-state index contributed by atoms with van der Waals surface area (Å²) in [4.78, 5) is 38.0. The molecule has 0 aliphatic carbocycles. The third-order valence-corrected chi connectivity index (χ3v) is 4.72. The lowest BCUT2D eigenvalue weighted by Crippen LogP contribution is -2.42. The van der Waals surface area contributed by atoms with Crippen molar-refractivity contribution in [3.05, 3.63) is 64.7 Å². The Hall–Kier alpha value is -3.07. The first-order chi connectivity index (χ1) is 13.5. The fraction of sp³-hybridized carbons (Fsp3) is 0.211. The highest BCUT2D eigenvalue weighted by atomic mass is 35.5. The Bertz CT molecular complexity index is 979. The molecule has 0 bridgehead atoms. The molecule has 2 N–H and O–H groups in total. The van der Waals surface area contributed by atoms with Crippen LogP contribution < -0.4 is 10.6 Å². The molecule has 1 fully saturated rings. The Morgan fingerprint density at radius 2 is 1.83 bits per heavy atom. The first kappa shape index (κ1) is 20.7. The fourth-order valence-corrected chi connectivity index (χ4v) is 3.06. The smallest absolute Gasteiger partial charge is 0.325 e. The molecule has 2 aromatic rings. The van der Waals surface area contributed by atoms with Crippen molar-refractivity contribution in [1.29, 1.82) is 0 Å². The zero-order chi connectivity index (χ0) is 21.4. The number of carbonyl (C=O) groups is 3. The summed E-state index contributed by atoms with van der Waals surface area (Å²) in [7, 11) is 0. The molecule has 4 amide bonds. The van der Waals surface area contributed by atoms with Gasteiger partial charge in [-0.2, -0.15) is 13.2 Å². The summed E-state index contributed by atoms with van der Waals surface area (Å²) in [6.07, 6.45) is -4.56. The van der Waals surface area contributed by atoms with Crippen LogP contribution in [0.1, 0.15) is 18.1 Å². The number of carbonyl (C=O) groups excluding carboxylic acids is 3. The van der Waals surface area contributed by atoms with Crippen molar-refractivity contribution in [2.75, 3.05) is 11.9 Å². The summed E-state index contributed by atoms with van der Waals surface area (Å²) in [5.74, 6) is -1.47. The number of benzene rings is 2. The minimum absolute atomic E-state index is 0.0997. The predicted molar refractivity (Wildman–Crippen MR) is 99.1 cm³/mol. The first-order valence-corrected chi connectivity index (χ1v) is 8.76. The molecule has 0 radical (unpaired) electrons. The van der Waals surface area contributed by atoms with Crippen LogP contribution in [0.4, 0.5) is 23.7 Å². The second-order valence-electron chi connectivity index (χ2n) is 6.58. The average molecular weight is 426 g/mol. The van der Waals surface area contributed by atoms with E-state index >= 15 is 0 Å². The van der Waals surface area contributed by atoms with E-state index in [0.29, 0.717) is 15.5 Å². The van der Waals surface area contributed by atoms with Gasteiger partial charge < -0.3 is 10.6 Å². The SMILES string of the molecule is C[C@]1(c2ccc(Cl)cc2)NC(=O)N(CC(=O)Nc2cccc(C(F)(F)F)c2)C1=O. The number of urea groups is 1. The molecule has 0 saturated carbocycles. The van der Waals surface area contributed by atoms with E-state index in [1.165, 1.54) is 13.0 Å². The predicted octanol–water partition coefficient (Wildman–Crippen LogP) is 3.76. The van der Waals surface area contributed by atoms with Crippen molar-refractivity contribution in [3.63, 3.8) is 0 Å². The second kappa shape index (κ2) is 7.40. The van der Waals surface area contributed by atoms with Crippen LogP contribution in [0.2, 0.25) is 5.02 Å². The number of hydrogen-bond acceptors (Lipinski definition) is 3. The number of anilines is 1. The van der Waals surface area contributed by atoms with Crippen LogP contribution >= 0.6 is 11.6 Å². The lowest BCUT2D eigenvalue weighted by Gasteiger charge is -2.22. The zero-order valence-corrected chi connectivity index (χ0v) is 15.8. The maximum atomic E-state index is 12.8. The van der Waals surface area contributed by atoms with E-state index in [-0.39, 0.29) is 5.69 Å². The number of nitrogens with one attached hydrogen (secondary N) is 2. The average Bonchev–Trinajstić information content (AvgIpc) is 2.86. The maximum Gasteiger partial charge on any atom is 0.416 e. The Balaban J connectivity index is 1.73. The molecule has 1 atom stereocenters. The van der Waals surface area contributed by atoms with E-state index < -0.39 is 41.7 Å². The Kier molecular flexibility index (Phi) is 5.27. The van der Waals surface area contributed by atoms with Crippen molar-refractivity contribution in [2.24, 2.45) is 0 Å². The molecule has 2 aromatic carbocycles. The van der Waals surface area contributed by atoms with E-state index in [0.717, 1.165) is 18.2 Å². The summed E-state index contributed by atoms with van der Waals surface area (Å²) in [5, 5.41) is 5.25. The fourth-order valence-electron chi connectivity index (χ4n) is 2.94. The molecule has 29 heavy (non-hydrogen) atoms. The monoisotopic (exact) mass is 425 g/mol. The molecule has 6 nitrogen and oxygen atoms in total. The number of imide groups is 1. The molecule has 3 rings (SSSR count). The van der Waals surface area contributed by atoms with Crippen LogP contribution in [0.15, 0.2) is 48.5 Å². The van der Waals surface area contributed by atoms with Crippen LogP contribution in [0, 0.1) is 0 Å². The van der Waals surface area contributed by atoms with Gasteiger partial charge in [0.2, 0.25) is 5.91 Å². The number of nitrogens with zero attached hydrogens (tertiary/aromatic N) is 1. The van der Waals surface area contributed by atoms with Crippen molar-refractivity contribution < 1.29 is 27.6 Å². The van der Waals surface area contributed by atoms with Gasteiger partial charge in [-0.3, -0.25) is 14.5 Å². The van der Waals surface area contributed by atoms with Gasteiger partial charge in [0.15, 0.2) is 0 Å². The number of alkyl halides is 3. The van der Waals surface area contributed by atoms with Gasteiger partial charge in [-0.1, -0.05) is 29.8 Å². The van der Waals surface area contributed by atoms with Gasteiger partial charge in [-0.25, -0.2) is 4.79 Å². The molecule has 0 spiro atoms. The summed E-state index contributed by atoms with van der Waals surface area (Å²) >= 11 is 5.84. The summed E-state index contributed by atoms with van der Waals surface area (Å²) in [6, 6.07) is 9.54. The van der Waals surface area contributed by atoms with E-state index in [9.17, 15) is 27.6 Å². The number of hydrogen-bond donors (Lipinski definition) is 2. The molecule has 1 aliphatic rings. The van der Waals surface area contributed by atoms with Gasteiger partial charge in [-0.05, 0) is 42.8 Å². The highest BCUT2D eigenvalue weighted by Gasteiger charge is 2.49. The van der Waals surface area contributed by atoms with E-state index in [1.807, 2.05) is 0 Å². The molecule has 152 valence electrons.